The van der Waals surface area contributed by atoms with E-state index in [-0.39, 0.29) is 23.7 Å². The minimum Gasteiger partial charge on any atom is -0.444 e. The quantitative estimate of drug-likeness (QED) is 0.781. The monoisotopic (exact) mass is 384 g/mol. The van der Waals surface area contributed by atoms with Crippen LogP contribution in [0, 0.1) is 23.1 Å². The van der Waals surface area contributed by atoms with E-state index in [9.17, 15) is 19.2 Å². The fraction of sp³-hybridized carbons (Fsp3) is 0.500. The molecule has 6 nitrogen and oxygen atoms in total. The second kappa shape index (κ2) is 7.50. The van der Waals surface area contributed by atoms with Gasteiger partial charge in [-0.05, 0) is 45.4 Å². The van der Waals surface area contributed by atoms with Gasteiger partial charge in [0.15, 0.2) is 0 Å². The molecule has 0 saturated carbocycles. The van der Waals surface area contributed by atoms with Crippen molar-refractivity contribution in [2.24, 2.45) is 5.92 Å². The second-order valence-corrected chi connectivity index (χ2v) is 7.39. The van der Waals surface area contributed by atoms with Crippen molar-refractivity contribution < 1.29 is 22.8 Å². The molecule has 2 atom stereocenters. The summed E-state index contributed by atoms with van der Waals surface area (Å²) in [5.74, 6) is -2.36. The molecule has 1 saturated heterocycles. The van der Waals surface area contributed by atoms with Crippen molar-refractivity contribution in [1.29, 1.82) is 5.26 Å². The molecule has 0 aromatic heterocycles. The van der Waals surface area contributed by atoms with E-state index in [1.54, 1.807) is 20.8 Å². The van der Waals surface area contributed by atoms with Crippen molar-refractivity contribution in [3.63, 3.8) is 0 Å². The van der Waals surface area contributed by atoms with E-state index in [0.29, 0.717) is 4.90 Å². The van der Waals surface area contributed by atoms with E-state index in [2.05, 4.69) is 0 Å². The highest BCUT2D eigenvalue weighted by Crippen LogP contribution is 2.29. The summed E-state index contributed by atoms with van der Waals surface area (Å²) < 4.78 is 42.1. The van der Waals surface area contributed by atoms with Crippen molar-refractivity contribution in [3.05, 3.63) is 29.0 Å². The van der Waals surface area contributed by atoms with Gasteiger partial charge >= 0.3 is 6.09 Å². The first-order chi connectivity index (χ1) is 13.2. The molecular weight excluding hydrogens is 361 g/mol. The van der Waals surface area contributed by atoms with Gasteiger partial charge in [-0.2, -0.15) is 5.26 Å². The first kappa shape index (κ1) is 15.9. The number of rotatable bonds is 2. The molecule has 0 radical (unpaired) electrons. The molecule has 0 bridgehead atoms. The number of nitriles is 1. The molecule has 1 aliphatic heterocycles. The minimum atomic E-state index is -2.93. The van der Waals surface area contributed by atoms with Crippen LogP contribution in [0.15, 0.2) is 18.2 Å². The zero-order valence-electron chi connectivity index (χ0n) is 17.6. The number of ether oxygens (including phenoxy) is 1. The Hall–Kier alpha value is -2.33. The highest BCUT2D eigenvalue weighted by Gasteiger charge is 2.42. The average Bonchev–Trinajstić information content (AvgIpc) is 3.00. The summed E-state index contributed by atoms with van der Waals surface area (Å²) in [6.07, 6.45) is -0.868. The van der Waals surface area contributed by atoms with Gasteiger partial charge in [0, 0.05) is 23.3 Å². The van der Waals surface area contributed by atoms with Crippen LogP contribution in [0.1, 0.15) is 31.3 Å². The van der Waals surface area contributed by atoms with Crippen LogP contribution in [-0.2, 0) is 9.53 Å². The number of halogens is 2. The predicted octanol–water partition coefficient (Wildman–Crippen LogP) is 3.59. The van der Waals surface area contributed by atoms with Gasteiger partial charge in [0.1, 0.15) is 17.5 Å². The second-order valence-electron chi connectivity index (χ2n) is 6.98. The van der Waals surface area contributed by atoms with Crippen LogP contribution in [0.25, 0.3) is 0 Å². The lowest BCUT2D eigenvalue weighted by molar-refractivity contribution is -0.122. The molecule has 0 aliphatic carbocycles. The number of amides is 2. The normalized spacial score (nSPS) is 22.0. The molecule has 0 unspecified atom stereocenters. The number of benzene rings is 1. The molecular formula is C18H21ClFN3O3. The molecule has 2 rings (SSSR count). The molecule has 2 amide bonds. The Kier molecular flexibility index (Phi) is 4.58. The summed E-state index contributed by atoms with van der Waals surface area (Å²) in [7, 11) is 0. The maximum Gasteiger partial charge on any atom is 0.411 e. The zero-order valence-corrected chi connectivity index (χ0v) is 15.4. The van der Waals surface area contributed by atoms with Gasteiger partial charge in [-0.1, -0.05) is 11.6 Å². The predicted molar refractivity (Wildman–Crippen MR) is 95.3 cm³/mol. The number of hydrogen-bond donors (Lipinski definition) is 0. The first-order valence-corrected chi connectivity index (χ1v) is 8.31. The lowest BCUT2D eigenvalue weighted by atomic mass is 10.1. The van der Waals surface area contributed by atoms with Crippen LogP contribution in [0.5, 0.6) is 0 Å². The molecule has 26 heavy (non-hydrogen) atoms. The molecule has 0 N–H and O–H groups in total. The number of carbonyl (C=O) groups excluding carboxylic acids is 2. The third kappa shape index (κ3) is 4.44. The average molecular weight is 385 g/mol. The molecule has 1 heterocycles. The zero-order chi connectivity index (χ0) is 22.1. The van der Waals surface area contributed by atoms with Crippen LogP contribution >= 0.6 is 11.6 Å². The fourth-order valence-corrected chi connectivity index (χ4v) is 2.76. The van der Waals surface area contributed by atoms with Crippen molar-refractivity contribution in [1.82, 2.24) is 4.90 Å². The molecule has 1 fully saturated rings. The van der Waals surface area contributed by atoms with Gasteiger partial charge in [0.2, 0.25) is 5.91 Å². The Morgan fingerprint density at radius 1 is 1.50 bits per heavy atom. The van der Waals surface area contributed by atoms with Crippen molar-refractivity contribution in [2.75, 3.05) is 18.4 Å². The maximum atomic E-state index is 13.5. The largest absolute Gasteiger partial charge is 0.444 e. The van der Waals surface area contributed by atoms with E-state index < -0.39 is 42.4 Å². The van der Waals surface area contributed by atoms with Crippen molar-refractivity contribution in [2.45, 2.75) is 38.8 Å². The molecule has 0 spiro atoms. The van der Waals surface area contributed by atoms with Crippen molar-refractivity contribution >= 4 is 29.3 Å². The van der Waals surface area contributed by atoms with Crippen LogP contribution in [0.3, 0.4) is 0 Å². The van der Waals surface area contributed by atoms with Crippen LogP contribution in [0.2, 0.25) is 5.02 Å². The highest BCUT2D eigenvalue weighted by molar-refractivity contribution is 6.31. The summed E-state index contributed by atoms with van der Waals surface area (Å²) in [6, 6.07) is 3.86. The first-order valence-electron chi connectivity index (χ1n) is 9.43. The Labute approximate surface area is 161 Å². The fourth-order valence-electron chi connectivity index (χ4n) is 2.59. The SMILES string of the molecule is [2H]C([2H])([2H])N(C(=O)[C@@H]1C[C@H](C#N)CN1C(=O)OC(C)(C)C)c1ccc(F)c(Cl)c1. The number of hydrogen-bond acceptors (Lipinski definition) is 4. The van der Waals surface area contributed by atoms with Crippen molar-refractivity contribution in [3.8, 4) is 6.07 Å². The Bertz CT molecular complexity index is 851. The van der Waals surface area contributed by atoms with Crippen LogP contribution < -0.4 is 4.90 Å². The molecule has 1 aliphatic rings. The standard InChI is InChI=1S/C18H21ClFN3O3/c1-18(2,3)26-17(25)23-10-11(9-21)7-15(23)16(24)22(4)12-5-6-14(20)13(19)8-12/h5-6,8,11,15H,7,10H2,1-4H3/t11-,15+/m1/s1/i4D3. The maximum absolute atomic E-state index is 13.5. The topological polar surface area (TPSA) is 73.6 Å². The van der Waals surface area contributed by atoms with Gasteiger partial charge in [-0.3, -0.25) is 9.69 Å². The van der Waals surface area contributed by atoms with Crippen LogP contribution in [0.4, 0.5) is 14.9 Å². The number of carbonyl (C=O) groups is 2. The third-order valence-electron chi connectivity index (χ3n) is 3.78. The summed E-state index contributed by atoms with van der Waals surface area (Å²) >= 11 is 5.75. The van der Waals surface area contributed by atoms with Gasteiger partial charge < -0.3 is 9.64 Å². The van der Waals surface area contributed by atoms with Gasteiger partial charge in [0.25, 0.3) is 0 Å². The highest BCUT2D eigenvalue weighted by atomic mass is 35.5. The number of anilines is 1. The lowest BCUT2D eigenvalue weighted by Gasteiger charge is -2.30. The lowest BCUT2D eigenvalue weighted by Crippen LogP contribution is -2.48. The van der Waals surface area contributed by atoms with Crippen LogP contribution in [-0.4, -0.2) is 42.1 Å². The molecule has 8 heteroatoms. The Morgan fingerprint density at radius 3 is 2.73 bits per heavy atom. The summed E-state index contributed by atoms with van der Waals surface area (Å²) in [5.41, 5.74) is -0.991. The van der Waals surface area contributed by atoms with E-state index in [1.807, 2.05) is 6.07 Å². The van der Waals surface area contributed by atoms with E-state index >= 15 is 0 Å². The molecule has 1 aromatic rings. The van der Waals surface area contributed by atoms with E-state index in [0.717, 1.165) is 23.1 Å². The summed E-state index contributed by atoms with van der Waals surface area (Å²) in [4.78, 5) is 27.3. The summed E-state index contributed by atoms with van der Waals surface area (Å²) in [6.45, 7) is 1.95. The van der Waals surface area contributed by atoms with Gasteiger partial charge in [-0.25, -0.2) is 9.18 Å². The molecule has 1 aromatic carbocycles. The number of likely N-dealkylation sites (N-methyl/N-ethyl adjacent to an activating group) is 1. The van der Waals surface area contributed by atoms with E-state index in [4.69, 9.17) is 20.5 Å². The third-order valence-corrected chi connectivity index (χ3v) is 4.07. The number of likely N-dealkylation sites (tertiary alicyclic amines) is 1. The Morgan fingerprint density at radius 2 is 2.19 bits per heavy atom. The number of nitrogens with zero attached hydrogens (tertiary/aromatic N) is 3. The minimum absolute atomic E-state index is 0.0456. The van der Waals surface area contributed by atoms with Gasteiger partial charge in [0.05, 0.1) is 17.0 Å². The van der Waals surface area contributed by atoms with Gasteiger partial charge in [-0.15, -0.1) is 0 Å². The smallest absolute Gasteiger partial charge is 0.411 e. The summed E-state index contributed by atoms with van der Waals surface area (Å²) in [5, 5.41) is 8.90. The van der Waals surface area contributed by atoms with E-state index in [1.165, 1.54) is 0 Å². The molecule has 140 valence electrons. The Balaban J connectivity index is 2.43.